The van der Waals surface area contributed by atoms with E-state index in [1.807, 2.05) is 0 Å². The first-order valence-corrected chi connectivity index (χ1v) is 5.99. The standard InChI is InChI=1S/C12H8BrClFNO/c13-11-3-8(1-2-12(11)15)7-17-10-4-9(14)5-16-6-10/h1-6H,7H2. The van der Waals surface area contributed by atoms with Gasteiger partial charge in [-0.3, -0.25) is 4.98 Å². The fraction of sp³-hybridized carbons (Fsp3) is 0.0833. The molecule has 0 spiro atoms. The molecule has 0 aliphatic rings. The van der Waals surface area contributed by atoms with E-state index in [9.17, 15) is 4.39 Å². The Balaban J connectivity index is 2.05. The normalized spacial score (nSPS) is 10.3. The predicted octanol–water partition coefficient (Wildman–Crippen LogP) is 4.22. The molecule has 1 aromatic carbocycles. The Bertz CT molecular complexity index is 536. The first kappa shape index (κ1) is 12.3. The molecule has 17 heavy (non-hydrogen) atoms. The van der Waals surface area contributed by atoms with Crippen LogP contribution >= 0.6 is 27.5 Å². The number of halogens is 3. The number of rotatable bonds is 3. The average molecular weight is 317 g/mol. The van der Waals surface area contributed by atoms with E-state index in [1.54, 1.807) is 24.4 Å². The highest BCUT2D eigenvalue weighted by molar-refractivity contribution is 9.10. The van der Waals surface area contributed by atoms with Gasteiger partial charge in [-0.1, -0.05) is 17.7 Å². The number of benzene rings is 1. The van der Waals surface area contributed by atoms with Gasteiger partial charge in [0.05, 0.1) is 15.7 Å². The summed E-state index contributed by atoms with van der Waals surface area (Å²) in [6.45, 7) is 0.334. The molecule has 0 N–H and O–H groups in total. The van der Waals surface area contributed by atoms with Crippen LogP contribution in [0.5, 0.6) is 5.75 Å². The average Bonchev–Trinajstić information content (AvgIpc) is 2.31. The molecule has 0 aliphatic carbocycles. The van der Waals surface area contributed by atoms with E-state index in [0.29, 0.717) is 21.9 Å². The lowest BCUT2D eigenvalue weighted by Crippen LogP contribution is -1.96. The van der Waals surface area contributed by atoms with Gasteiger partial charge >= 0.3 is 0 Å². The second kappa shape index (κ2) is 5.47. The fourth-order valence-electron chi connectivity index (χ4n) is 1.27. The van der Waals surface area contributed by atoms with Gasteiger partial charge in [0.1, 0.15) is 18.2 Å². The maximum absolute atomic E-state index is 13.0. The first-order chi connectivity index (χ1) is 8.15. The molecule has 1 heterocycles. The largest absolute Gasteiger partial charge is 0.487 e. The van der Waals surface area contributed by atoms with E-state index in [-0.39, 0.29) is 5.82 Å². The zero-order valence-electron chi connectivity index (χ0n) is 8.66. The van der Waals surface area contributed by atoms with E-state index in [0.717, 1.165) is 5.56 Å². The van der Waals surface area contributed by atoms with E-state index in [4.69, 9.17) is 16.3 Å². The third kappa shape index (κ3) is 3.41. The van der Waals surface area contributed by atoms with Crippen LogP contribution in [0.15, 0.2) is 41.1 Å². The molecular formula is C12H8BrClFNO. The van der Waals surface area contributed by atoms with Crippen LogP contribution in [0, 0.1) is 5.82 Å². The van der Waals surface area contributed by atoms with Crippen molar-refractivity contribution in [3.63, 3.8) is 0 Å². The third-order valence-electron chi connectivity index (χ3n) is 2.07. The number of hydrogen-bond donors (Lipinski definition) is 0. The quantitative estimate of drug-likeness (QED) is 0.846. The summed E-state index contributed by atoms with van der Waals surface area (Å²) in [5.41, 5.74) is 0.859. The Labute approximate surface area is 112 Å². The highest BCUT2D eigenvalue weighted by Crippen LogP contribution is 2.19. The summed E-state index contributed by atoms with van der Waals surface area (Å²) in [6.07, 6.45) is 3.10. The minimum absolute atomic E-state index is 0.293. The van der Waals surface area contributed by atoms with Crippen LogP contribution < -0.4 is 4.74 Å². The van der Waals surface area contributed by atoms with Crippen molar-refractivity contribution < 1.29 is 9.13 Å². The van der Waals surface area contributed by atoms with Gasteiger partial charge < -0.3 is 4.74 Å². The molecule has 0 bridgehead atoms. The van der Waals surface area contributed by atoms with Crippen LogP contribution in [0.25, 0.3) is 0 Å². The lowest BCUT2D eigenvalue weighted by Gasteiger charge is -2.06. The van der Waals surface area contributed by atoms with Crippen molar-refractivity contribution in [2.24, 2.45) is 0 Å². The maximum Gasteiger partial charge on any atom is 0.139 e. The minimum Gasteiger partial charge on any atom is -0.487 e. The smallest absolute Gasteiger partial charge is 0.139 e. The Morgan fingerprint density at radius 1 is 1.29 bits per heavy atom. The summed E-state index contributed by atoms with van der Waals surface area (Å²) in [5, 5.41) is 0.516. The summed E-state index contributed by atoms with van der Waals surface area (Å²) >= 11 is 8.89. The first-order valence-electron chi connectivity index (χ1n) is 4.82. The molecule has 0 radical (unpaired) electrons. The highest BCUT2D eigenvalue weighted by Gasteiger charge is 2.02. The number of aromatic nitrogens is 1. The van der Waals surface area contributed by atoms with Gasteiger partial charge in [-0.15, -0.1) is 0 Å². The van der Waals surface area contributed by atoms with E-state index in [1.165, 1.54) is 12.3 Å². The van der Waals surface area contributed by atoms with Gasteiger partial charge in [0, 0.05) is 12.3 Å². The van der Waals surface area contributed by atoms with Crippen LogP contribution in [-0.4, -0.2) is 4.98 Å². The third-order valence-corrected chi connectivity index (χ3v) is 2.88. The molecule has 5 heteroatoms. The van der Waals surface area contributed by atoms with Gasteiger partial charge in [0.15, 0.2) is 0 Å². The highest BCUT2D eigenvalue weighted by atomic mass is 79.9. The summed E-state index contributed by atoms with van der Waals surface area (Å²) in [4.78, 5) is 3.90. The van der Waals surface area contributed by atoms with Gasteiger partial charge in [0.2, 0.25) is 0 Å². The number of nitrogens with zero attached hydrogens (tertiary/aromatic N) is 1. The lowest BCUT2D eigenvalue weighted by molar-refractivity contribution is 0.305. The van der Waals surface area contributed by atoms with Crippen molar-refractivity contribution in [2.45, 2.75) is 6.61 Å². The van der Waals surface area contributed by atoms with Crippen LogP contribution in [0.3, 0.4) is 0 Å². The maximum atomic E-state index is 13.0. The molecular weight excluding hydrogens is 308 g/mol. The summed E-state index contributed by atoms with van der Waals surface area (Å²) in [6, 6.07) is 6.40. The SMILES string of the molecule is Fc1ccc(COc2cncc(Cl)c2)cc1Br. The lowest BCUT2D eigenvalue weighted by atomic mass is 10.2. The Kier molecular flexibility index (Phi) is 3.97. The topological polar surface area (TPSA) is 22.1 Å². The van der Waals surface area contributed by atoms with Gasteiger partial charge in [-0.2, -0.15) is 0 Å². The predicted molar refractivity (Wildman–Crippen MR) is 67.7 cm³/mol. The van der Waals surface area contributed by atoms with Crippen molar-refractivity contribution in [1.82, 2.24) is 4.98 Å². The fourth-order valence-corrected chi connectivity index (χ4v) is 1.86. The van der Waals surface area contributed by atoms with Gasteiger partial charge in [-0.05, 0) is 33.6 Å². The molecule has 0 saturated heterocycles. The molecule has 0 atom stereocenters. The van der Waals surface area contributed by atoms with Crippen molar-refractivity contribution in [3.05, 3.63) is 57.5 Å². The number of hydrogen-bond acceptors (Lipinski definition) is 2. The molecule has 2 nitrogen and oxygen atoms in total. The molecule has 0 aliphatic heterocycles. The van der Waals surface area contributed by atoms with E-state index < -0.39 is 0 Å². The monoisotopic (exact) mass is 315 g/mol. The second-order valence-corrected chi connectivity index (χ2v) is 4.67. The van der Waals surface area contributed by atoms with Crippen LogP contribution in [-0.2, 0) is 6.61 Å². The van der Waals surface area contributed by atoms with Crippen molar-refractivity contribution in [3.8, 4) is 5.75 Å². The molecule has 2 aromatic rings. The molecule has 88 valence electrons. The van der Waals surface area contributed by atoms with Crippen LogP contribution in [0.1, 0.15) is 5.56 Å². The number of ether oxygens (including phenoxy) is 1. The molecule has 1 aromatic heterocycles. The summed E-state index contributed by atoms with van der Waals surface area (Å²) in [7, 11) is 0. The molecule has 0 fully saturated rings. The van der Waals surface area contributed by atoms with Gasteiger partial charge in [0.25, 0.3) is 0 Å². The van der Waals surface area contributed by atoms with Crippen LogP contribution in [0.2, 0.25) is 5.02 Å². The van der Waals surface area contributed by atoms with Gasteiger partial charge in [-0.25, -0.2) is 4.39 Å². The van der Waals surface area contributed by atoms with Crippen molar-refractivity contribution in [2.75, 3.05) is 0 Å². The zero-order chi connectivity index (χ0) is 12.3. The Morgan fingerprint density at radius 2 is 2.12 bits per heavy atom. The Hall–Kier alpha value is -1.13. The second-order valence-electron chi connectivity index (χ2n) is 3.38. The minimum atomic E-state index is -0.293. The van der Waals surface area contributed by atoms with Crippen molar-refractivity contribution >= 4 is 27.5 Å². The summed E-state index contributed by atoms with van der Waals surface area (Å²) in [5.74, 6) is 0.288. The molecule has 2 rings (SSSR count). The van der Waals surface area contributed by atoms with Crippen LogP contribution in [0.4, 0.5) is 4.39 Å². The molecule has 0 amide bonds. The summed E-state index contributed by atoms with van der Waals surface area (Å²) < 4.78 is 18.9. The van der Waals surface area contributed by atoms with E-state index in [2.05, 4.69) is 20.9 Å². The molecule has 0 saturated carbocycles. The molecule has 0 unspecified atom stereocenters. The van der Waals surface area contributed by atoms with Crippen molar-refractivity contribution in [1.29, 1.82) is 0 Å². The number of pyridine rings is 1. The van der Waals surface area contributed by atoms with E-state index >= 15 is 0 Å². The Morgan fingerprint density at radius 3 is 2.82 bits per heavy atom. The zero-order valence-corrected chi connectivity index (χ0v) is 11.0.